The average molecular weight is 329 g/mol. The molecule has 0 radical (unpaired) electrons. The summed E-state index contributed by atoms with van der Waals surface area (Å²) in [4.78, 5) is 0. The van der Waals surface area contributed by atoms with Crippen LogP contribution < -0.4 is 0 Å². The van der Waals surface area contributed by atoms with Crippen LogP contribution in [0.4, 0.5) is 0 Å². The van der Waals surface area contributed by atoms with Gasteiger partial charge >= 0.3 is 0 Å². The quantitative estimate of drug-likeness (QED) is 0.321. The molecule has 0 saturated heterocycles. The van der Waals surface area contributed by atoms with E-state index in [2.05, 4.69) is 30.3 Å². The zero-order valence-corrected chi connectivity index (χ0v) is 13.5. The lowest BCUT2D eigenvalue weighted by Gasteiger charge is -2.10. The molecule has 0 aliphatic carbocycles. The molecular formula is C22H13ClO. The Morgan fingerprint density at radius 3 is 2.04 bits per heavy atom. The molecule has 0 aliphatic heterocycles. The van der Waals surface area contributed by atoms with Crippen LogP contribution in [0.15, 0.2) is 83.3 Å². The van der Waals surface area contributed by atoms with Gasteiger partial charge in [0.15, 0.2) is 0 Å². The van der Waals surface area contributed by atoms with Crippen molar-refractivity contribution < 1.29 is 4.42 Å². The van der Waals surface area contributed by atoms with E-state index in [9.17, 15) is 0 Å². The maximum absolute atomic E-state index is 6.87. The predicted molar refractivity (Wildman–Crippen MR) is 102 cm³/mol. The van der Waals surface area contributed by atoms with Gasteiger partial charge in [-0.3, -0.25) is 0 Å². The van der Waals surface area contributed by atoms with Gasteiger partial charge in [0.1, 0.15) is 11.2 Å². The first-order valence-corrected chi connectivity index (χ1v) is 8.29. The van der Waals surface area contributed by atoms with Crippen LogP contribution in [0.1, 0.15) is 0 Å². The first-order chi connectivity index (χ1) is 11.8. The first-order valence-electron chi connectivity index (χ1n) is 7.91. The second kappa shape index (κ2) is 5.12. The second-order valence-corrected chi connectivity index (χ2v) is 6.28. The number of hydrogen-bond acceptors (Lipinski definition) is 1. The lowest BCUT2D eigenvalue weighted by Crippen LogP contribution is -1.85. The smallest absolute Gasteiger partial charge is 0.143 e. The van der Waals surface area contributed by atoms with Gasteiger partial charge < -0.3 is 4.42 Å². The molecule has 1 aromatic heterocycles. The van der Waals surface area contributed by atoms with E-state index in [1.54, 1.807) is 0 Å². The Balaban J connectivity index is 2.11. The molecule has 0 unspecified atom stereocenters. The third kappa shape index (κ3) is 1.82. The van der Waals surface area contributed by atoms with Crippen LogP contribution in [0.2, 0.25) is 5.02 Å². The van der Waals surface area contributed by atoms with E-state index < -0.39 is 0 Å². The molecular weight excluding hydrogens is 316 g/mol. The van der Waals surface area contributed by atoms with Crippen LogP contribution in [0.25, 0.3) is 43.8 Å². The minimum absolute atomic E-state index is 0.774. The molecule has 0 atom stereocenters. The van der Waals surface area contributed by atoms with E-state index in [4.69, 9.17) is 16.0 Å². The molecule has 1 heterocycles. The number of fused-ring (bicyclic) bond motifs is 5. The standard InChI is InChI=1S/C22H13ClO/c23-21-15-10-4-5-11-16(15)22-20(17-12-6-7-13-18(17)24-22)19(21)14-8-2-1-3-9-14/h1-13H. The van der Waals surface area contributed by atoms with Crippen LogP contribution >= 0.6 is 11.6 Å². The molecule has 0 fully saturated rings. The van der Waals surface area contributed by atoms with Crippen molar-refractivity contribution in [3.8, 4) is 11.1 Å². The van der Waals surface area contributed by atoms with Crippen molar-refractivity contribution >= 4 is 44.3 Å². The number of halogens is 1. The lowest BCUT2D eigenvalue weighted by atomic mass is 9.95. The summed E-state index contributed by atoms with van der Waals surface area (Å²) in [6.45, 7) is 0. The van der Waals surface area contributed by atoms with E-state index in [-0.39, 0.29) is 0 Å². The monoisotopic (exact) mass is 328 g/mol. The normalized spacial score (nSPS) is 11.5. The maximum Gasteiger partial charge on any atom is 0.143 e. The van der Waals surface area contributed by atoms with Crippen molar-refractivity contribution in [1.29, 1.82) is 0 Å². The Labute approximate surface area is 144 Å². The van der Waals surface area contributed by atoms with Crippen molar-refractivity contribution in [2.45, 2.75) is 0 Å². The number of hydrogen-bond donors (Lipinski definition) is 0. The fourth-order valence-corrected chi connectivity index (χ4v) is 3.84. The van der Waals surface area contributed by atoms with Crippen molar-refractivity contribution in [3.05, 3.63) is 83.9 Å². The molecule has 0 spiro atoms. The van der Waals surface area contributed by atoms with E-state index in [0.717, 1.165) is 48.9 Å². The second-order valence-electron chi connectivity index (χ2n) is 5.90. The summed E-state index contributed by atoms with van der Waals surface area (Å²) in [5.41, 5.74) is 3.92. The van der Waals surface area contributed by atoms with Crippen molar-refractivity contribution in [2.75, 3.05) is 0 Å². The van der Waals surface area contributed by atoms with Gasteiger partial charge in [-0.1, -0.05) is 84.4 Å². The fraction of sp³-hybridized carbons (Fsp3) is 0. The molecule has 5 rings (SSSR count). The summed E-state index contributed by atoms with van der Waals surface area (Å²) in [7, 11) is 0. The average Bonchev–Trinajstić information content (AvgIpc) is 3.03. The third-order valence-electron chi connectivity index (χ3n) is 4.54. The molecule has 114 valence electrons. The predicted octanol–water partition coefficient (Wildman–Crippen LogP) is 7.06. The lowest BCUT2D eigenvalue weighted by molar-refractivity contribution is 0.673. The molecule has 0 N–H and O–H groups in total. The summed E-state index contributed by atoms with van der Waals surface area (Å²) < 4.78 is 6.22. The van der Waals surface area contributed by atoms with Gasteiger partial charge in [0, 0.05) is 27.1 Å². The molecule has 0 amide bonds. The molecule has 1 nitrogen and oxygen atoms in total. The highest BCUT2D eigenvalue weighted by Crippen LogP contribution is 2.45. The van der Waals surface area contributed by atoms with Crippen LogP contribution in [0, 0.1) is 0 Å². The van der Waals surface area contributed by atoms with Gasteiger partial charge in [0.2, 0.25) is 0 Å². The third-order valence-corrected chi connectivity index (χ3v) is 4.93. The fourth-order valence-electron chi connectivity index (χ4n) is 3.48. The SMILES string of the molecule is Clc1c(-c2ccccc2)c2c3ccccc3oc2c2ccccc12. The van der Waals surface area contributed by atoms with Crippen LogP contribution in [-0.4, -0.2) is 0 Å². The highest BCUT2D eigenvalue weighted by atomic mass is 35.5. The molecule has 0 bridgehead atoms. The highest BCUT2D eigenvalue weighted by molar-refractivity contribution is 6.42. The maximum atomic E-state index is 6.87. The van der Waals surface area contributed by atoms with Gasteiger partial charge in [0.05, 0.1) is 5.02 Å². The number of benzene rings is 4. The first kappa shape index (κ1) is 13.6. The molecule has 4 aromatic carbocycles. The summed E-state index contributed by atoms with van der Waals surface area (Å²) in [5.74, 6) is 0. The van der Waals surface area contributed by atoms with E-state index in [0.29, 0.717) is 0 Å². The summed E-state index contributed by atoms with van der Waals surface area (Å²) in [6, 6.07) is 26.6. The summed E-state index contributed by atoms with van der Waals surface area (Å²) in [6.07, 6.45) is 0. The molecule has 5 aromatic rings. The Bertz CT molecular complexity index is 1200. The van der Waals surface area contributed by atoms with Gasteiger partial charge in [0.25, 0.3) is 0 Å². The zero-order chi connectivity index (χ0) is 16.1. The van der Waals surface area contributed by atoms with Gasteiger partial charge in [-0.2, -0.15) is 0 Å². The minimum Gasteiger partial charge on any atom is -0.455 e. The number of furan rings is 1. The highest BCUT2D eigenvalue weighted by Gasteiger charge is 2.19. The molecule has 2 heteroatoms. The Morgan fingerprint density at radius 1 is 0.625 bits per heavy atom. The van der Waals surface area contributed by atoms with E-state index >= 15 is 0 Å². The van der Waals surface area contributed by atoms with Crippen molar-refractivity contribution in [2.24, 2.45) is 0 Å². The molecule has 0 aliphatic rings. The van der Waals surface area contributed by atoms with Gasteiger partial charge in [-0.05, 0) is 11.6 Å². The Kier molecular flexibility index (Phi) is 2.91. The zero-order valence-electron chi connectivity index (χ0n) is 12.8. The van der Waals surface area contributed by atoms with E-state index in [1.807, 2.05) is 48.5 Å². The van der Waals surface area contributed by atoms with Gasteiger partial charge in [-0.15, -0.1) is 0 Å². The minimum atomic E-state index is 0.774. The summed E-state index contributed by atoms with van der Waals surface area (Å²) >= 11 is 6.87. The van der Waals surface area contributed by atoms with Crippen molar-refractivity contribution in [3.63, 3.8) is 0 Å². The van der Waals surface area contributed by atoms with Crippen LogP contribution in [0.3, 0.4) is 0 Å². The number of para-hydroxylation sites is 1. The van der Waals surface area contributed by atoms with E-state index in [1.165, 1.54) is 0 Å². The molecule has 0 saturated carbocycles. The largest absolute Gasteiger partial charge is 0.455 e. The molecule has 24 heavy (non-hydrogen) atoms. The summed E-state index contributed by atoms with van der Waals surface area (Å²) in [5, 5.41) is 5.02. The number of rotatable bonds is 1. The van der Waals surface area contributed by atoms with Crippen LogP contribution in [0.5, 0.6) is 0 Å². The Hall–Kier alpha value is -2.77. The van der Waals surface area contributed by atoms with Gasteiger partial charge in [-0.25, -0.2) is 0 Å². The van der Waals surface area contributed by atoms with Crippen molar-refractivity contribution in [1.82, 2.24) is 0 Å². The van der Waals surface area contributed by atoms with Crippen LogP contribution in [-0.2, 0) is 0 Å². The Morgan fingerprint density at radius 2 is 1.25 bits per heavy atom. The topological polar surface area (TPSA) is 13.1 Å².